The SMILES string of the molecule is CCc1ccc(S(=O)(=O)F)o1. The van der Waals surface area contributed by atoms with Gasteiger partial charge in [0.1, 0.15) is 5.76 Å². The third-order valence-corrected chi connectivity index (χ3v) is 1.93. The zero-order chi connectivity index (χ0) is 8.48. The summed E-state index contributed by atoms with van der Waals surface area (Å²) in [6, 6.07) is 2.54. The Hall–Kier alpha value is -0.840. The fraction of sp³-hybridized carbons (Fsp3) is 0.333. The van der Waals surface area contributed by atoms with Crippen LogP contribution >= 0.6 is 0 Å². The molecule has 0 spiro atoms. The topological polar surface area (TPSA) is 47.3 Å². The van der Waals surface area contributed by atoms with Crippen molar-refractivity contribution in [1.29, 1.82) is 0 Å². The summed E-state index contributed by atoms with van der Waals surface area (Å²) >= 11 is 0. The Kier molecular flexibility index (Phi) is 1.99. The zero-order valence-electron chi connectivity index (χ0n) is 5.87. The first-order valence-corrected chi connectivity index (χ1v) is 4.45. The lowest BCUT2D eigenvalue weighted by Crippen LogP contribution is -1.87. The van der Waals surface area contributed by atoms with Crippen LogP contribution in [0, 0.1) is 0 Å². The molecule has 0 saturated carbocycles. The molecule has 0 fully saturated rings. The van der Waals surface area contributed by atoms with Crippen LogP contribution in [0.1, 0.15) is 12.7 Å². The lowest BCUT2D eigenvalue weighted by molar-refractivity contribution is 0.406. The number of furan rings is 1. The maximum atomic E-state index is 12.1. The second-order valence-electron chi connectivity index (χ2n) is 2.01. The highest BCUT2D eigenvalue weighted by Crippen LogP contribution is 2.15. The third kappa shape index (κ3) is 1.80. The van der Waals surface area contributed by atoms with Crippen molar-refractivity contribution in [3.63, 3.8) is 0 Å². The summed E-state index contributed by atoms with van der Waals surface area (Å²) < 4.78 is 37.2. The van der Waals surface area contributed by atoms with Gasteiger partial charge in [0, 0.05) is 6.42 Å². The monoisotopic (exact) mass is 178 g/mol. The molecular weight excluding hydrogens is 171 g/mol. The molecule has 1 aromatic rings. The van der Waals surface area contributed by atoms with Crippen LogP contribution in [0.3, 0.4) is 0 Å². The quantitative estimate of drug-likeness (QED) is 0.645. The fourth-order valence-electron chi connectivity index (χ4n) is 0.679. The van der Waals surface area contributed by atoms with Crippen molar-refractivity contribution in [2.24, 2.45) is 0 Å². The van der Waals surface area contributed by atoms with E-state index in [-0.39, 0.29) is 0 Å². The second kappa shape index (κ2) is 2.65. The molecule has 0 unspecified atom stereocenters. The van der Waals surface area contributed by atoms with E-state index in [2.05, 4.69) is 4.42 Å². The highest BCUT2D eigenvalue weighted by molar-refractivity contribution is 7.86. The molecule has 3 nitrogen and oxygen atoms in total. The maximum Gasteiger partial charge on any atom is 0.365 e. The minimum atomic E-state index is -4.66. The molecule has 0 amide bonds. The third-order valence-electron chi connectivity index (χ3n) is 1.23. The summed E-state index contributed by atoms with van der Waals surface area (Å²) in [7, 11) is -4.66. The zero-order valence-corrected chi connectivity index (χ0v) is 6.69. The first-order chi connectivity index (χ1) is 5.04. The van der Waals surface area contributed by atoms with Crippen LogP contribution in [0.4, 0.5) is 3.89 Å². The Morgan fingerprint density at radius 2 is 2.18 bits per heavy atom. The van der Waals surface area contributed by atoms with Crippen molar-refractivity contribution in [2.45, 2.75) is 18.4 Å². The molecule has 0 aliphatic carbocycles. The normalized spacial score (nSPS) is 11.8. The van der Waals surface area contributed by atoms with Gasteiger partial charge < -0.3 is 4.42 Å². The predicted molar refractivity (Wildman–Crippen MR) is 36.4 cm³/mol. The average Bonchev–Trinajstić information content (AvgIpc) is 2.32. The maximum absolute atomic E-state index is 12.1. The Balaban J connectivity index is 3.09. The van der Waals surface area contributed by atoms with Crippen LogP contribution < -0.4 is 0 Å². The molecule has 0 atom stereocenters. The molecule has 0 radical (unpaired) electrons. The molecular formula is C6H7FO3S. The van der Waals surface area contributed by atoms with Crippen molar-refractivity contribution in [3.8, 4) is 0 Å². The van der Waals surface area contributed by atoms with E-state index in [1.807, 2.05) is 0 Å². The van der Waals surface area contributed by atoms with Gasteiger partial charge in [-0.05, 0) is 12.1 Å². The number of halogens is 1. The van der Waals surface area contributed by atoms with Gasteiger partial charge in [-0.25, -0.2) is 0 Å². The van der Waals surface area contributed by atoms with Crippen molar-refractivity contribution in [1.82, 2.24) is 0 Å². The van der Waals surface area contributed by atoms with E-state index in [9.17, 15) is 12.3 Å². The predicted octanol–water partition coefficient (Wildman–Crippen LogP) is 1.50. The number of hydrogen-bond donors (Lipinski definition) is 0. The Morgan fingerprint density at radius 3 is 2.45 bits per heavy atom. The smallest absolute Gasteiger partial charge is 0.365 e. The molecule has 1 heterocycles. The van der Waals surface area contributed by atoms with Gasteiger partial charge in [-0.1, -0.05) is 10.8 Å². The van der Waals surface area contributed by atoms with Crippen LogP contribution in [0.5, 0.6) is 0 Å². The average molecular weight is 178 g/mol. The van der Waals surface area contributed by atoms with Crippen LogP contribution in [0.25, 0.3) is 0 Å². The van der Waals surface area contributed by atoms with Gasteiger partial charge >= 0.3 is 10.2 Å². The van der Waals surface area contributed by atoms with E-state index in [1.165, 1.54) is 6.07 Å². The minimum absolute atomic E-state index is 0.459. The lowest BCUT2D eigenvalue weighted by Gasteiger charge is -1.86. The van der Waals surface area contributed by atoms with Crippen LogP contribution in [0.15, 0.2) is 21.6 Å². The van der Waals surface area contributed by atoms with Crippen molar-refractivity contribution in [2.75, 3.05) is 0 Å². The molecule has 5 heteroatoms. The largest absolute Gasteiger partial charge is 0.447 e. The van der Waals surface area contributed by atoms with Gasteiger partial charge in [-0.3, -0.25) is 0 Å². The molecule has 0 bridgehead atoms. The first kappa shape index (κ1) is 8.26. The highest BCUT2D eigenvalue weighted by atomic mass is 32.3. The van der Waals surface area contributed by atoms with E-state index >= 15 is 0 Å². The summed E-state index contributed by atoms with van der Waals surface area (Å²) in [5.41, 5.74) is 0. The van der Waals surface area contributed by atoms with E-state index in [1.54, 1.807) is 6.92 Å². The molecule has 0 aliphatic heterocycles. The summed E-state index contributed by atoms with van der Waals surface area (Å²) in [6.07, 6.45) is 0.551. The van der Waals surface area contributed by atoms with E-state index < -0.39 is 15.3 Å². The van der Waals surface area contributed by atoms with Gasteiger partial charge in [0.05, 0.1) is 0 Å². The van der Waals surface area contributed by atoms with E-state index in [0.29, 0.717) is 12.2 Å². The van der Waals surface area contributed by atoms with E-state index in [0.717, 1.165) is 6.07 Å². The van der Waals surface area contributed by atoms with Crippen molar-refractivity contribution in [3.05, 3.63) is 17.9 Å². The molecule has 62 valence electrons. The Morgan fingerprint density at radius 1 is 1.55 bits per heavy atom. The highest BCUT2D eigenvalue weighted by Gasteiger charge is 2.15. The second-order valence-corrected chi connectivity index (χ2v) is 3.29. The van der Waals surface area contributed by atoms with E-state index in [4.69, 9.17) is 0 Å². The van der Waals surface area contributed by atoms with Crippen LogP contribution in [0.2, 0.25) is 0 Å². The molecule has 0 aromatic carbocycles. The van der Waals surface area contributed by atoms with Gasteiger partial charge in [-0.2, -0.15) is 8.42 Å². The molecule has 0 aliphatic rings. The fourth-order valence-corrected chi connectivity index (χ4v) is 1.12. The van der Waals surface area contributed by atoms with Crippen LogP contribution in [-0.4, -0.2) is 8.42 Å². The summed E-state index contributed by atoms with van der Waals surface area (Å²) in [4.78, 5) is 0. The summed E-state index contributed by atoms with van der Waals surface area (Å²) in [5, 5.41) is -0.616. The standard InChI is InChI=1S/C6H7FO3S/c1-2-5-3-4-6(10-5)11(7,8)9/h3-4H,2H2,1H3. The number of hydrogen-bond acceptors (Lipinski definition) is 3. The van der Waals surface area contributed by atoms with Crippen LogP contribution in [-0.2, 0) is 16.6 Å². The number of aryl methyl sites for hydroxylation is 1. The Labute approximate surface area is 64.0 Å². The van der Waals surface area contributed by atoms with Gasteiger partial charge in [-0.15, -0.1) is 0 Å². The minimum Gasteiger partial charge on any atom is -0.447 e. The Bertz CT molecular complexity index is 338. The molecule has 1 aromatic heterocycles. The summed E-state index contributed by atoms with van der Waals surface area (Å²) in [5.74, 6) is 0.459. The van der Waals surface area contributed by atoms with Gasteiger partial charge in [0.2, 0.25) is 5.09 Å². The van der Waals surface area contributed by atoms with Gasteiger partial charge in [0.25, 0.3) is 0 Å². The molecule has 1 rings (SSSR count). The molecule has 0 saturated heterocycles. The first-order valence-electron chi connectivity index (χ1n) is 3.07. The number of rotatable bonds is 2. The van der Waals surface area contributed by atoms with Crippen molar-refractivity contribution < 1.29 is 16.7 Å². The molecule has 11 heavy (non-hydrogen) atoms. The molecule has 0 N–H and O–H groups in total. The van der Waals surface area contributed by atoms with Crippen molar-refractivity contribution >= 4 is 10.2 Å². The summed E-state index contributed by atoms with van der Waals surface area (Å²) in [6.45, 7) is 1.79. The lowest BCUT2D eigenvalue weighted by atomic mass is 10.4. The van der Waals surface area contributed by atoms with Gasteiger partial charge in [0.15, 0.2) is 0 Å².